The van der Waals surface area contributed by atoms with Crippen LogP contribution in [0.5, 0.6) is 0 Å². The van der Waals surface area contributed by atoms with E-state index in [0.29, 0.717) is 26.2 Å². The lowest BCUT2D eigenvalue weighted by atomic mass is 10.3. The van der Waals surface area contributed by atoms with E-state index in [1.807, 2.05) is 0 Å². The van der Waals surface area contributed by atoms with Gasteiger partial charge >= 0.3 is 0 Å². The first kappa shape index (κ1) is 13.2. The smallest absolute Gasteiger partial charge is 0.282 e. The Labute approximate surface area is 103 Å². The molecule has 2 rings (SSSR count). The zero-order chi connectivity index (χ0) is 12.3. The molecule has 0 radical (unpaired) electrons. The van der Waals surface area contributed by atoms with Crippen LogP contribution in [0.2, 0.25) is 0 Å². The van der Waals surface area contributed by atoms with E-state index < -0.39 is 10.2 Å². The maximum atomic E-state index is 12.4. The third-order valence-electron chi connectivity index (χ3n) is 3.39. The third kappa shape index (κ3) is 2.97. The van der Waals surface area contributed by atoms with Crippen LogP contribution in [0, 0.1) is 0 Å². The van der Waals surface area contributed by atoms with Crippen molar-refractivity contribution in [2.75, 3.05) is 46.4 Å². The lowest BCUT2D eigenvalue weighted by Crippen LogP contribution is -2.44. The molecule has 0 aromatic heterocycles. The number of hydrogen-bond donors (Lipinski definition) is 1. The molecular weight excluding hydrogens is 242 g/mol. The van der Waals surface area contributed by atoms with Gasteiger partial charge in [0.2, 0.25) is 0 Å². The van der Waals surface area contributed by atoms with Crippen LogP contribution in [0.3, 0.4) is 0 Å². The van der Waals surface area contributed by atoms with Crippen LogP contribution in [-0.4, -0.2) is 69.5 Å². The fourth-order valence-electron chi connectivity index (χ4n) is 2.31. The molecular formula is C10H21N3O3S. The second-order valence-corrected chi connectivity index (χ2v) is 6.44. The van der Waals surface area contributed by atoms with Crippen molar-refractivity contribution >= 4 is 10.2 Å². The monoisotopic (exact) mass is 263 g/mol. The average molecular weight is 263 g/mol. The highest BCUT2D eigenvalue weighted by Gasteiger charge is 2.35. The van der Waals surface area contributed by atoms with Crippen molar-refractivity contribution in [3.63, 3.8) is 0 Å². The summed E-state index contributed by atoms with van der Waals surface area (Å²) in [7, 11) is -1.65. The lowest BCUT2D eigenvalue weighted by molar-refractivity contribution is 0.114. The molecule has 100 valence electrons. The molecule has 0 saturated carbocycles. The van der Waals surface area contributed by atoms with Crippen LogP contribution < -0.4 is 5.32 Å². The van der Waals surface area contributed by atoms with Gasteiger partial charge in [-0.1, -0.05) is 0 Å². The standard InChI is InChI=1S/C10H21N3O3S/c1-16-10-3-7-13(9-10)17(14,15)12-6-2-4-11-5-8-12/h10-11H,2-9H2,1H3. The van der Waals surface area contributed by atoms with E-state index >= 15 is 0 Å². The molecule has 2 fully saturated rings. The summed E-state index contributed by atoms with van der Waals surface area (Å²) in [6, 6.07) is 0. The number of hydrogen-bond acceptors (Lipinski definition) is 4. The summed E-state index contributed by atoms with van der Waals surface area (Å²) in [5.74, 6) is 0. The Balaban J connectivity index is 2.02. The molecule has 2 aliphatic heterocycles. The summed E-state index contributed by atoms with van der Waals surface area (Å²) in [6.45, 7) is 3.88. The summed E-state index contributed by atoms with van der Waals surface area (Å²) in [4.78, 5) is 0. The molecule has 6 nitrogen and oxygen atoms in total. The molecule has 2 saturated heterocycles. The minimum absolute atomic E-state index is 0.0508. The maximum absolute atomic E-state index is 12.4. The third-order valence-corrected chi connectivity index (χ3v) is 5.39. The number of nitrogens with one attached hydrogen (secondary N) is 1. The SMILES string of the molecule is COC1CCN(S(=O)(=O)N2CCCNCC2)C1. The highest BCUT2D eigenvalue weighted by molar-refractivity contribution is 7.86. The molecule has 1 N–H and O–H groups in total. The van der Waals surface area contributed by atoms with Gasteiger partial charge in [0.1, 0.15) is 0 Å². The van der Waals surface area contributed by atoms with E-state index in [-0.39, 0.29) is 6.10 Å². The first-order valence-corrected chi connectivity index (χ1v) is 7.53. The van der Waals surface area contributed by atoms with Gasteiger partial charge in [0.15, 0.2) is 0 Å². The number of nitrogens with zero attached hydrogens (tertiary/aromatic N) is 2. The Hall–Kier alpha value is -0.210. The van der Waals surface area contributed by atoms with E-state index in [2.05, 4.69) is 5.32 Å². The quantitative estimate of drug-likeness (QED) is 0.727. The van der Waals surface area contributed by atoms with Crippen molar-refractivity contribution < 1.29 is 13.2 Å². The van der Waals surface area contributed by atoms with Crippen LogP contribution >= 0.6 is 0 Å². The molecule has 2 aliphatic rings. The van der Waals surface area contributed by atoms with Crippen molar-refractivity contribution in [3.05, 3.63) is 0 Å². The van der Waals surface area contributed by atoms with Gasteiger partial charge in [-0.15, -0.1) is 0 Å². The molecule has 0 amide bonds. The summed E-state index contributed by atoms with van der Waals surface area (Å²) in [6.07, 6.45) is 1.72. The van der Waals surface area contributed by atoms with Gasteiger partial charge in [0.05, 0.1) is 6.10 Å². The second-order valence-electron chi connectivity index (χ2n) is 4.51. The first-order valence-electron chi connectivity index (χ1n) is 6.13. The number of rotatable bonds is 3. The minimum Gasteiger partial charge on any atom is -0.380 e. The fourth-order valence-corrected chi connectivity index (χ4v) is 4.01. The van der Waals surface area contributed by atoms with Gasteiger partial charge in [-0.25, -0.2) is 0 Å². The Morgan fingerprint density at radius 1 is 1.18 bits per heavy atom. The summed E-state index contributed by atoms with van der Waals surface area (Å²) < 4.78 is 33.1. The molecule has 0 spiro atoms. The topological polar surface area (TPSA) is 61.9 Å². The number of ether oxygens (including phenoxy) is 1. The highest BCUT2D eigenvalue weighted by Crippen LogP contribution is 2.19. The normalized spacial score (nSPS) is 29.4. The second kappa shape index (κ2) is 5.62. The Morgan fingerprint density at radius 2 is 2.00 bits per heavy atom. The van der Waals surface area contributed by atoms with Crippen LogP contribution in [-0.2, 0) is 14.9 Å². The van der Waals surface area contributed by atoms with Crippen molar-refractivity contribution in [2.24, 2.45) is 0 Å². The predicted octanol–water partition coefficient (Wildman–Crippen LogP) is -0.753. The zero-order valence-electron chi connectivity index (χ0n) is 10.3. The van der Waals surface area contributed by atoms with Gasteiger partial charge in [0.25, 0.3) is 10.2 Å². The lowest BCUT2D eigenvalue weighted by Gasteiger charge is -2.25. The predicted molar refractivity (Wildman–Crippen MR) is 65.0 cm³/mol. The Morgan fingerprint density at radius 3 is 2.71 bits per heavy atom. The molecule has 17 heavy (non-hydrogen) atoms. The fraction of sp³-hybridized carbons (Fsp3) is 1.00. The first-order chi connectivity index (χ1) is 8.14. The summed E-state index contributed by atoms with van der Waals surface area (Å²) >= 11 is 0. The summed E-state index contributed by atoms with van der Waals surface area (Å²) in [5, 5.41) is 3.21. The highest BCUT2D eigenvalue weighted by atomic mass is 32.2. The minimum atomic E-state index is -3.28. The number of methoxy groups -OCH3 is 1. The van der Waals surface area contributed by atoms with E-state index in [4.69, 9.17) is 4.74 Å². The van der Waals surface area contributed by atoms with E-state index in [9.17, 15) is 8.42 Å². The Bertz CT molecular complexity index is 339. The molecule has 0 aromatic rings. The molecule has 1 unspecified atom stereocenters. The molecule has 7 heteroatoms. The van der Waals surface area contributed by atoms with Crippen molar-refractivity contribution in [1.29, 1.82) is 0 Å². The van der Waals surface area contributed by atoms with E-state index in [1.165, 1.54) is 0 Å². The molecule has 2 heterocycles. The van der Waals surface area contributed by atoms with E-state index in [0.717, 1.165) is 25.9 Å². The molecule has 0 bridgehead atoms. The maximum Gasteiger partial charge on any atom is 0.282 e. The van der Waals surface area contributed by atoms with Crippen LogP contribution in [0.15, 0.2) is 0 Å². The van der Waals surface area contributed by atoms with Gasteiger partial charge in [-0.05, 0) is 19.4 Å². The van der Waals surface area contributed by atoms with E-state index in [1.54, 1.807) is 15.7 Å². The van der Waals surface area contributed by atoms with Gasteiger partial charge in [-0.2, -0.15) is 17.0 Å². The zero-order valence-corrected chi connectivity index (χ0v) is 11.1. The van der Waals surface area contributed by atoms with Gasteiger partial charge in [-0.3, -0.25) is 0 Å². The molecule has 1 atom stereocenters. The van der Waals surface area contributed by atoms with Crippen molar-refractivity contribution in [1.82, 2.24) is 13.9 Å². The van der Waals surface area contributed by atoms with Crippen LogP contribution in [0.1, 0.15) is 12.8 Å². The van der Waals surface area contributed by atoms with Crippen molar-refractivity contribution in [3.8, 4) is 0 Å². The molecule has 0 aliphatic carbocycles. The van der Waals surface area contributed by atoms with Gasteiger partial charge in [0, 0.05) is 39.8 Å². The largest absolute Gasteiger partial charge is 0.380 e. The van der Waals surface area contributed by atoms with Gasteiger partial charge < -0.3 is 10.1 Å². The Kier molecular flexibility index (Phi) is 4.37. The summed E-state index contributed by atoms with van der Waals surface area (Å²) in [5.41, 5.74) is 0. The van der Waals surface area contributed by atoms with Crippen LogP contribution in [0.25, 0.3) is 0 Å². The molecule has 0 aromatic carbocycles. The van der Waals surface area contributed by atoms with Crippen LogP contribution in [0.4, 0.5) is 0 Å². The average Bonchev–Trinajstić information content (AvgIpc) is 2.64. The van der Waals surface area contributed by atoms with Crippen molar-refractivity contribution in [2.45, 2.75) is 18.9 Å².